The maximum Gasteiger partial charge on any atom is 0.0621 e. The quantitative estimate of drug-likeness (QED) is 0.640. The Morgan fingerprint density at radius 1 is 1.17 bits per heavy atom. The Morgan fingerprint density at radius 3 is 2.33 bits per heavy atom. The molecule has 0 aromatic carbocycles. The lowest BCUT2D eigenvalue weighted by atomic mass is 10.1. The van der Waals surface area contributed by atoms with Crippen molar-refractivity contribution in [3.63, 3.8) is 0 Å². The van der Waals surface area contributed by atoms with Gasteiger partial charge in [0.25, 0.3) is 0 Å². The van der Waals surface area contributed by atoms with E-state index in [-0.39, 0.29) is 5.54 Å². The van der Waals surface area contributed by atoms with E-state index in [0.717, 1.165) is 19.4 Å². The fourth-order valence-electron chi connectivity index (χ4n) is 0.969. The zero-order valence-corrected chi connectivity index (χ0v) is 8.48. The smallest absolute Gasteiger partial charge is 0.0621 e. The van der Waals surface area contributed by atoms with Crippen molar-refractivity contribution < 1.29 is 0 Å². The topological polar surface area (TPSA) is 35.8 Å². The molecule has 0 saturated heterocycles. The lowest BCUT2D eigenvalue weighted by Crippen LogP contribution is -2.36. The molecular formula is C10H20N2. The number of hydrogen-bond donors (Lipinski definition) is 1. The normalized spacial score (nSPS) is 11.2. The summed E-state index contributed by atoms with van der Waals surface area (Å²) in [6.07, 6.45) is 4.09. The Balaban J connectivity index is 3.07. The van der Waals surface area contributed by atoms with Gasteiger partial charge in [0.1, 0.15) is 0 Å². The third-order valence-electron chi connectivity index (χ3n) is 1.62. The van der Waals surface area contributed by atoms with Crippen molar-refractivity contribution >= 4 is 0 Å². The Bertz CT molecular complexity index is 139. The first kappa shape index (κ1) is 11.4. The summed E-state index contributed by atoms with van der Waals surface area (Å²) >= 11 is 0. The van der Waals surface area contributed by atoms with Gasteiger partial charge in [0.05, 0.1) is 6.07 Å². The lowest BCUT2D eigenvalue weighted by Gasteiger charge is -2.20. The minimum Gasteiger partial charge on any atom is -0.312 e. The minimum atomic E-state index is 0.231. The molecule has 2 heteroatoms. The highest BCUT2D eigenvalue weighted by Crippen LogP contribution is 2.01. The summed E-state index contributed by atoms with van der Waals surface area (Å²) in [5.74, 6) is 0. The minimum absolute atomic E-state index is 0.231. The highest BCUT2D eigenvalue weighted by atomic mass is 14.9. The van der Waals surface area contributed by atoms with Crippen LogP contribution in [0, 0.1) is 11.3 Å². The number of hydrogen-bond acceptors (Lipinski definition) is 2. The van der Waals surface area contributed by atoms with E-state index in [9.17, 15) is 0 Å². The van der Waals surface area contributed by atoms with E-state index in [4.69, 9.17) is 5.26 Å². The molecule has 0 amide bonds. The Kier molecular flexibility index (Phi) is 5.74. The van der Waals surface area contributed by atoms with Crippen LogP contribution in [0.1, 0.15) is 46.5 Å². The van der Waals surface area contributed by atoms with Gasteiger partial charge in [-0.2, -0.15) is 5.26 Å². The first-order valence-corrected chi connectivity index (χ1v) is 4.68. The summed E-state index contributed by atoms with van der Waals surface area (Å²) in [5.41, 5.74) is 0.231. The van der Waals surface area contributed by atoms with E-state index < -0.39 is 0 Å². The fraction of sp³-hybridized carbons (Fsp3) is 0.900. The van der Waals surface area contributed by atoms with Gasteiger partial charge in [-0.05, 0) is 40.2 Å². The van der Waals surface area contributed by atoms with Crippen molar-refractivity contribution in [3.8, 4) is 6.07 Å². The van der Waals surface area contributed by atoms with Crippen molar-refractivity contribution in [1.82, 2.24) is 5.32 Å². The van der Waals surface area contributed by atoms with Crippen molar-refractivity contribution in [1.29, 1.82) is 5.26 Å². The van der Waals surface area contributed by atoms with Gasteiger partial charge in [-0.3, -0.25) is 0 Å². The van der Waals surface area contributed by atoms with Crippen molar-refractivity contribution in [2.75, 3.05) is 6.54 Å². The van der Waals surface area contributed by atoms with Crippen LogP contribution in [-0.2, 0) is 0 Å². The lowest BCUT2D eigenvalue weighted by molar-refractivity contribution is 0.417. The van der Waals surface area contributed by atoms with Crippen molar-refractivity contribution in [2.24, 2.45) is 0 Å². The van der Waals surface area contributed by atoms with E-state index >= 15 is 0 Å². The molecule has 0 heterocycles. The monoisotopic (exact) mass is 168 g/mol. The summed E-state index contributed by atoms with van der Waals surface area (Å²) in [4.78, 5) is 0. The predicted octanol–water partition coefficient (Wildman–Crippen LogP) is 2.46. The van der Waals surface area contributed by atoms with Crippen LogP contribution in [0.4, 0.5) is 0 Å². The Morgan fingerprint density at radius 2 is 1.83 bits per heavy atom. The van der Waals surface area contributed by atoms with Gasteiger partial charge in [-0.1, -0.05) is 6.42 Å². The van der Waals surface area contributed by atoms with E-state index in [2.05, 4.69) is 32.2 Å². The number of rotatable bonds is 5. The summed E-state index contributed by atoms with van der Waals surface area (Å²) in [5, 5.41) is 11.7. The van der Waals surface area contributed by atoms with Gasteiger partial charge in [0.2, 0.25) is 0 Å². The molecule has 1 N–H and O–H groups in total. The van der Waals surface area contributed by atoms with Crippen LogP contribution in [0.3, 0.4) is 0 Å². The highest BCUT2D eigenvalue weighted by molar-refractivity contribution is 4.71. The van der Waals surface area contributed by atoms with Crippen LogP contribution < -0.4 is 5.32 Å². The number of unbranched alkanes of at least 4 members (excludes halogenated alkanes) is 3. The second-order valence-corrected chi connectivity index (χ2v) is 4.15. The molecule has 0 aliphatic rings. The average molecular weight is 168 g/mol. The second-order valence-electron chi connectivity index (χ2n) is 4.15. The molecule has 2 nitrogen and oxygen atoms in total. The molecule has 12 heavy (non-hydrogen) atoms. The number of nitrogens with one attached hydrogen (secondary N) is 1. The zero-order chi connectivity index (χ0) is 9.45. The standard InChI is InChI=1S/C10H20N2/c1-10(2,3)12-9-7-5-4-6-8-11/h12H,4-7,9H2,1-3H3. The van der Waals surface area contributed by atoms with Gasteiger partial charge >= 0.3 is 0 Å². The maximum absolute atomic E-state index is 8.29. The fourth-order valence-corrected chi connectivity index (χ4v) is 0.969. The molecule has 0 aromatic heterocycles. The number of nitriles is 1. The summed E-state index contributed by atoms with van der Waals surface area (Å²) in [6, 6.07) is 2.15. The SMILES string of the molecule is CC(C)(C)NCCCCCC#N. The van der Waals surface area contributed by atoms with E-state index in [1.807, 2.05) is 0 Å². The zero-order valence-electron chi connectivity index (χ0n) is 8.48. The molecular weight excluding hydrogens is 148 g/mol. The molecule has 0 unspecified atom stereocenters. The molecule has 0 radical (unpaired) electrons. The summed E-state index contributed by atoms with van der Waals surface area (Å²) in [6.45, 7) is 7.57. The molecule has 0 aromatic rings. The summed E-state index contributed by atoms with van der Waals surface area (Å²) < 4.78 is 0. The van der Waals surface area contributed by atoms with Crippen LogP contribution in [0.5, 0.6) is 0 Å². The van der Waals surface area contributed by atoms with Gasteiger partial charge in [0, 0.05) is 12.0 Å². The second kappa shape index (κ2) is 6.02. The van der Waals surface area contributed by atoms with Gasteiger partial charge in [-0.15, -0.1) is 0 Å². The van der Waals surface area contributed by atoms with Crippen LogP contribution in [0.25, 0.3) is 0 Å². The van der Waals surface area contributed by atoms with Crippen LogP contribution >= 0.6 is 0 Å². The molecule has 0 atom stereocenters. The maximum atomic E-state index is 8.29. The molecule has 0 saturated carbocycles. The van der Waals surface area contributed by atoms with Gasteiger partial charge < -0.3 is 5.32 Å². The third kappa shape index (κ3) is 9.45. The first-order valence-electron chi connectivity index (χ1n) is 4.68. The van der Waals surface area contributed by atoms with E-state index in [0.29, 0.717) is 6.42 Å². The van der Waals surface area contributed by atoms with Gasteiger partial charge in [0.15, 0.2) is 0 Å². The molecule has 0 fully saturated rings. The average Bonchev–Trinajstić information content (AvgIpc) is 1.94. The van der Waals surface area contributed by atoms with Crippen LogP contribution in [0.15, 0.2) is 0 Å². The van der Waals surface area contributed by atoms with Crippen molar-refractivity contribution in [3.05, 3.63) is 0 Å². The molecule has 0 rings (SSSR count). The van der Waals surface area contributed by atoms with Crippen LogP contribution in [-0.4, -0.2) is 12.1 Å². The van der Waals surface area contributed by atoms with E-state index in [1.165, 1.54) is 6.42 Å². The molecule has 0 bridgehead atoms. The Hall–Kier alpha value is -0.550. The van der Waals surface area contributed by atoms with Gasteiger partial charge in [-0.25, -0.2) is 0 Å². The molecule has 70 valence electrons. The predicted molar refractivity (Wildman–Crippen MR) is 51.8 cm³/mol. The van der Waals surface area contributed by atoms with Crippen LogP contribution in [0.2, 0.25) is 0 Å². The largest absolute Gasteiger partial charge is 0.312 e. The molecule has 0 aliphatic heterocycles. The highest BCUT2D eigenvalue weighted by Gasteiger charge is 2.06. The number of nitrogens with zero attached hydrogens (tertiary/aromatic N) is 1. The summed E-state index contributed by atoms with van der Waals surface area (Å²) in [7, 11) is 0. The third-order valence-corrected chi connectivity index (χ3v) is 1.62. The first-order chi connectivity index (χ1) is 5.56. The Labute approximate surface area is 76.0 Å². The van der Waals surface area contributed by atoms with E-state index in [1.54, 1.807) is 0 Å². The molecule has 0 aliphatic carbocycles. The van der Waals surface area contributed by atoms with Crippen molar-refractivity contribution in [2.45, 2.75) is 52.0 Å². The molecule has 0 spiro atoms.